The first-order chi connectivity index (χ1) is 3.80. The SMILES string of the molecule is NC(=O)n1[c]ccn1. The number of primary amides is 1. The van der Waals surface area contributed by atoms with Gasteiger partial charge in [0.1, 0.15) is 0 Å². The van der Waals surface area contributed by atoms with E-state index in [9.17, 15) is 4.79 Å². The molecule has 1 radical (unpaired) electrons. The lowest BCUT2D eigenvalue weighted by atomic mass is 10.7. The van der Waals surface area contributed by atoms with Crippen LogP contribution in [0.5, 0.6) is 0 Å². The summed E-state index contributed by atoms with van der Waals surface area (Å²) in [5.41, 5.74) is 4.79. The lowest BCUT2D eigenvalue weighted by molar-refractivity contribution is 0.247. The zero-order chi connectivity index (χ0) is 5.98. The summed E-state index contributed by atoms with van der Waals surface area (Å²) >= 11 is 0. The Hall–Kier alpha value is -1.32. The molecule has 1 aromatic rings. The molecule has 41 valence electrons. The van der Waals surface area contributed by atoms with Crippen molar-refractivity contribution in [1.82, 2.24) is 9.78 Å². The molecule has 0 spiro atoms. The molecule has 1 amide bonds. The predicted octanol–water partition coefficient (Wildman–Crippen LogP) is -0.390. The minimum atomic E-state index is -0.616. The van der Waals surface area contributed by atoms with Crippen molar-refractivity contribution in [3.05, 3.63) is 18.5 Å². The van der Waals surface area contributed by atoms with Crippen LogP contribution < -0.4 is 5.73 Å². The molecule has 0 aliphatic rings. The fourth-order valence-electron chi connectivity index (χ4n) is 0.358. The standard InChI is InChI=1S/C4H4N3O/c5-4(8)7-3-1-2-6-7/h1-2H,(H2,5,8). The van der Waals surface area contributed by atoms with Crippen molar-refractivity contribution in [2.45, 2.75) is 0 Å². The molecule has 0 aromatic carbocycles. The van der Waals surface area contributed by atoms with Gasteiger partial charge in [0, 0.05) is 0 Å². The molecule has 4 heteroatoms. The third-order valence-corrected chi connectivity index (χ3v) is 0.662. The van der Waals surface area contributed by atoms with Crippen LogP contribution in [-0.2, 0) is 0 Å². The monoisotopic (exact) mass is 110 g/mol. The Morgan fingerprint density at radius 3 is 2.88 bits per heavy atom. The van der Waals surface area contributed by atoms with Gasteiger partial charge in [-0.25, -0.2) is 4.79 Å². The number of hydrogen-bond donors (Lipinski definition) is 1. The first kappa shape index (κ1) is 4.83. The van der Waals surface area contributed by atoms with Gasteiger partial charge in [-0.1, -0.05) is 0 Å². The van der Waals surface area contributed by atoms with Gasteiger partial charge in [-0.3, -0.25) is 0 Å². The van der Waals surface area contributed by atoms with E-state index in [1.165, 1.54) is 12.3 Å². The van der Waals surface area contributed by atoms with Crippen LogP contribution in [0.1, 0.15) is 0 Å². The highest BCUT2D eigenvalue weighted by atomic mass is 16.2. The molecule has 0 bridgehead atoms. The van der Waals surface area contributed by atoms with Gasteiger partial charge in [-0.2, -0.15) is 9.78 Å². The Morgan fingerprint density at radius 1 is 1.88 bits per heavy atom. The summed E-state index contributed by atoms with van der Waals surface area (Å²) in [6, 6.07) is 0.889. The van der Waals surface area contributed by atoms with Gasteiger partial charge in [-0.15, -0.1) is 0 Å². The van der Waals surface area contributed by atoms with Crippen molar-refractivity contribution in [3.63, 3.8) is 0 Å². The Bertz CT molecular complexity index is 179. The summed E-state index contributed by atoms with van der Waals surface area (Å²) in [6.45, 7) is 0. The van der Waals surface area contributed by atoms with Gasteiger partial charge in [-0.05, 0) is 6.07 Å². The fourth-order valence-corrected chi connectivity index (χ4v) is 0.358. The summed E-state index contributed by atoms with van der Waals surface area (Å²) in [5.74, 6) is 0. The maximum Gasteiger partial charge on any atom is 0.340 e. The third kappa shape index (κ3) is 0.676. The van der Waals surface area contributed by atoms with Crippen molar-refractivity contribution in [2.24, 2.45) is 5.73 Å². The van der Waals surface area contributed by atoms with E-state index in [2.05, 4.69) is 11.3 Å². The van der Waals surface area contributed by atoms with Gasteiger partial charge >= 0.3 is 6.03 Å². The first-order valence-corrected chi connectivity index (χ1v) is 2.02. The van der Waals surface area contributed by atoms with E-state index < -0.39 is 6.03 Å². The van der Waals surface area contributed by atoms with Crippen LogP contribution in [0, 0.1) is 6.20 Å². The molecule has 1 heterocycles. The van der Waals surface area contributed by atoms with Crippen molar-refractivity contribution < 1.29 is 4.79 Å². The molecule has 8 heavy (non-hydrogen) atoms. The van der Waals surface area contributed by atoms with Crippen LogP contribution >= 0.6 is 0 Å². The van der Waals surface area contributed by atoms with Crippen LogP contribution in [0.3, 0.4) is 0 Å². The second-order valence-electron chi connectivity index (χ2n) is 1.21. The number of nitrogens with zero attached hydrogens (tertiary/aromatic N) is 2. The number of carbonyl (C=O) groups is 1. The topological polar surface area (TPSA) is 60.9 Å². The van der Waals surface area contributed by atoms with Crippen molar-refractivity contribution >= 4 is 6.03 Å². The summed E-state index contributed by atoms with van der Waals surface area (Å²) in [7, 11) is 0. The van der Waals surface area contributed by atoms with Gasteiger partial charge in [0.05, 0.1) is 12.4 Å². The molecule has 0 fully saturated rings. The molecule has 0 unspecified atom stereocenters. The highest BCUT2D eigenvalue weighted by Gasteiger charge is 1.92. The van der Waals surface area contributed by atoms with Crippen molar-refractivity contribution in [2.75, 3.05) is 0 Å². The van der Waals surface area contributed by atoms with Gasteiger partial charge < -0.3 is 5.73 Å². The molecular weight excluding hydrogens is 106 g/mol. The predicted molar refractivity (Wildman–Crippen MR) is 26.0 cm³/mol. The van der Waals surface area contributed by atoms with E-state index >= 15 is 0 Å². The zero-order valence-corrected chi connectivity index (χ0v) is 4.03. The summed E-state index contributed by atoms with van der Waals surface area (Å²) in [6.07, 6.45) is 3.90. The number of rotatable bonds is 0. The van der Waals surface area contributed by atoms with Crippen LogP contribution in [0.2, 0.25) is 0 Å². The van der Waals surface area contributed by atoms with Gasteiger partial charge in [0.25, 0.3) is 0 Å². The Labute approximate surface area is 45.9 Å². The Balaban J connectivity index is 2.93. The van der Waals surface area contributed by atoms with Crippen molar-refractivity contribution in [1.29, 1.82) is 0 Å². The highest BCUT2D eigenvalue weighted by molar-refractivity contribution is 5.73. The molecule has 0 atom stereocenters. The quantitative estimate of drug-likeness (QED) is 0.494. The average molecular weight is 110 g/mol. The number of hydrogen-bond acceptors (Lipinski definition) is 2. The Morgan fingerprint density at radius 2 is 2.62 bits per heavy atom. The minimum Gasteiger partial charge on any atom is -0.350 e. The number of nitrogens with two attached hydrogens (primary N) is 1. The molecule has 0 aliphatic carbocycles. The maximum absolute atomic E-state index is 10.2. The molecule has 2 N–H and O–H groups in total. The van der Waals surface area contributed by atoms with Crippen LogP contribution in [-0.4, -0.2) is 15.8 Å². The fraction of sp³-hybridized carbons (Fsp3) is 0. The summed E-state index contributed by atoms with van der Waals surface area (Å²) in [4.78, 5) is 10.2. The smallest absolute Gasteiger partial charge is 0.340 e. The van der Waals surface area contributed by atoms with Crippen LogP contribution in [0.15, 0.2) is 12.3 Å². The third-order valence-electron chi connectivity index (χ3n) is 0.662. The maximum atomic E-state index is 10.2. The van der Waals surface area contributed by atoms with E-state index in [-0.39, 0.29) is 0 Å². The van der Waals surface area contributed by atoms with E-state index in [4.69, 9.17) is 5.73 Å². The van der Waals surface area contributed by atoms with Crippen molar-refractivity contribution in [3.8, 4) is 0 Å². The molecule has 1 rings (SSSR count). The van der Waals surface area contributed by atoms with E-state index in [1.807, 2.05) is 0 Å². The van der Waals surface area contributed by atoms with Gasteiger partial charge in [0.2, 0.25) is 0 Å². The highest BCUT2D eigenvalue weighted by Crippen LogP contribution is 1.77. The first-order valence-electron chi connectivity index (χ1n) is 2.02. The van der Waals surface area contributed by atoms with Crippen LogP contribution in [0.4, 0.5) is 4.79 Å². The molecule has 0 saturated carbocycles. The molecule has 0 aliphatic heterocycles. The molecule has 4 nitrogen and oxygen atoms in total. The second-order valence-corrected chi connectivity index (χ2v) is 1.21. The largest absolute Gasteiger partial charge is 0.350 e. The Kier molecular flexibility index (Phi) is 0.997. The lowest BCUT2D eigenvalue weighted by Crippen LogP contribution is -2.19. The number of aromatic nitrogens is 2. The molecular formula is C4H4N3O. The molecule has 1 aromatic heterocycles. The second kappa shape index (κ2) is 1.65. The normalized spacial score (nSPS) is 9.00. The van der Waals surface area contributed by atoms with Crippen LogP contribution in [0.25, 0.3) is 0 Å². The number of amides is 1. The van der Waals surface area contributed by atoms with E-state index in [0.717, 1.165) is 4.68 Å². The molecule has 0 saturated heterocycles. The van der Waals surface area contributed by atoms with E-state index in [0.29, 0.717) is 0 Å². The average Bonchev–Trinajstić information content (AvgIpc) is 2.12. The summed E-state index contributed by atoms with van der Waals surface area (Å²) in [5, 5.41) is 3.50. The van der Waals surface area contributed by atoms with Gasteiger partial charge in [0.15, 0.2) is 0 Å². The van der Waals surface area contributed by atoms with E-state index in [1.54, 1.807) is 0 Å². The lowest BCUT2D eigenvalue weighted by Gasteiger charge is -1.85. The number of carbonyl (C=O) groups excluding carboxylic acids is 1. The zero-order valence-electron chi connectivity index (χ0n) is 4.03. The summed E-state index contributed by atoms with van der Waals surface area (Å²) < 4.78 is 0.931. The minimum absolute atomic E-state index is 0.616.